The number of hydrogen-bond donors (Lipinski definition) is 1. The Morgan fingerprint density at radius 2 is 2.00 bits per heavy atom. The lowest BCUT2D eigenvalue weighted by Crippen LogP contribution is -2.34. The van der Waals surface area contributed by atoms with Gasteiger partial charge in [0.15, 0.2) is 0 Å². The maximum Gasteiger partial charge on any atom is 0.391 e. The van der Waals surface area contributed by atoms with Crippen molar-refractivity contribution in [1.29, 1.82) is 0 Å². The zero-order valence-electron chi connectivity index (χ0n) is 14.7. The van der Waals surface area contributed by atoms with Crippen molar-refractivity contribution in [3.63, 3.8) is 0 Å². The SMILES string of the molecule is COC(=O)c1sc2nc(C)nc(N[C@H]3CCC[C@H](C(F)(F)F)C3)c2c1C. The highest BCUT2D eigenvalue weighted by atomic mass is 32.1. The van der Waals surface area contributed by atoms with E-state index < -0.39 is 18.1 Å². The van der Waals surface area contributed by atoms with Gasteiger partial charge in [0.05, 0.1) is 18.4 Å². The third-order valence-electron chi connectivity index (χ3n) is 4.75. The van der Waals surface area contributed by atoms with E-state index in [0.29, 0.717) is 45.1 Å². The van der Waals surface area contributed by atoms with Crippen LogP contribution >= 0.6 is 11.3 Å². The molecule has 3 rings (SSSR count). The number of thiophene rings is 1. The van der Waals surface area contributed by atoms with E-state index in [4.69, 9.17) is 4.74 Å². The van der Waals surface area contributed by atoms with Crippen LogP contribution in [0.5, 0.6) is 0 Å². The summed E-state index contributed by atoms with van der Waals surface area (Å²) in [6, 6.07) is -0.311. The zero-order valence-corrected chi connectivity index (χ0v) is 15.6. The monoisotopic (exact) mass is 387 g/mol. The molecule has 0 saturated heterocycles. The van der Waals surface area contributed by atoms with Crippen molar-refractivity contribution >= 4 is 33.3 Å². The first kappa shape index (κ1) is 18.9. The Balaban J connectivity index is 1.94. The number of aromatic nitrogens is 2. The number of alkyl halides is 3. The van der Waals surface area contributed by atoms with E-state index in [-0.39, 0.29) is 18.9 Å². The number of carbonyl (C=O) groups excluding carboxylic acids is 1. The summed E-state index contributed by atoms with van der Waals surface area (Å²) >= 11 is 1.21. The van der Waals surface area contributed by atoms with Gasteiger partial charge in [-0.25, -0.2) is 14.8 Å². The predicted molar refractivity (Wildman–Crippen MR) is 93.7 cm³/mol. The number of ether oxygens (including phenoxy) is 1. The van der Waals surface area contributed by atoms with E-state index in [1.165, 1.54) is 18.4 Å². The van der Waals surface area contributed by atoms with Crippen LogP contribution in [-0.4, -0.2) is 35.3 Å². The number of nitrogens with one attached hydrogen (secondary N) is 1. The summed E-state index contributed by atoms with van der Waals surface area (Å²) < 4.78 is 44.0. The maximum atomic E-state index is 13.1. The van der Waals surface area contributed by atoms with Crippen molar-refractivity contribution in [3.05, 3.63) is 16.3 Å². The highest BCUT2D eigenvalue weighted by Crippen LogP contribution is 2.40. The molecule has 2 atom stereocenters. The number of carbonyl (C=O) groups is 1. The number of hydrogen-bond acceptors (Lipinski definition) is 6. The highest BCUT2D eigenvalue weighted by Gasteiger charge is 2.42. The van der Waals surface area contributed by atoms with Gasteiger partial charge in [0, 0.05) is 6.04 Å². The Labute approximate surface area is 153 Å². The summed E-state index contributed by atoms with van der Waals surface area (Å²) in [5.41, 5.74) is 0.683. The highest BCUT2D eigenvalue weighted by molar-refractivity contribution is 7.20. The van der Waals surface area contributed by atoms with Crippen molar-refractivity contribution in [2.75, 3.05) is 12.4 Å². The molecule has 1 fully saturated rings. The fraction of sp³-hybridized carbons (Fsp3) is 0.588. The van der Waals surface area contributed by atoms with Crippen LogP contribution < -0.4 is 5.32 Å². The molecule has 9 heteroatoms. The smallest absolute Gasteiger partial charge is 0.391 e. The molecule has 2 heterocycles. The molecule has 2 aromatic rings. The third-order valence-corrected chi connectivity index (χ3v) is 5.92. The summed E-state index contributed by atoms with van der Waals surface area (Å²) in [5, 5.41) is 3.86. The van der Waals surface area contributed by atoms with Crippen LogP contribution in [0.4, 0.5) is 19.0 Å². The number of esters is 1. The normalized spacial score (nSPS) is 21.0. The number of nitrogens with zero attached hydrogens (tertiary/aromatic N) is 2. The average Bonchev–Trinajstić information content (AvgIpc) is 2.90. The molecular weight excluding hydrogens is 367 g/mol. The topological polar surface area (TPSA) is 64.1 Å². The maximum absolute atomic E-state index is 13.1. The molecule has 0 amide bonds. The summed E-state index contributed by atoms with van der Waals surface area (Å²) in [6.45, 7) is 3.49. The fourth-order valence-electron chi connectivity index (χ4n) is 3.45. The standard InChI is InChI=1S/C17H20F3N3O2S/c1-8-12-14(23-11-6-4-5-10(7-11)17(18,19)20)21-9(2)22-15(12)26-13(8)16(24)25-3/h10-11H,4-7H2,1-3H3,(H,21,22,23)/t10-,11-/m0/s1. The Morgan fingerprint density at radius 1 is 1.27 bits per heavy atom. The van der Waals surface area contributed by atoms with Gasteiger partial charge in [0.25, 0.3) is 0 Å². The molecule has 0 aliphatic heterocycles. The molecule has 0 bridgehead atoms. The lowest BCUT2D eigenvalue weighted by atomic mass is 9.85. The number of anilines is 1. The molecule has 142 valence electrons. The predicted octanol–water partition coefficient (Wildman–Crippen LogP) is 4.63. The number of methoxy groups -OCH3 is 1. The summed E-state index contributed by atoms with van der Waals surface area (Å²) in [6.07, 6.45) is -2.80. The first-order valence-electron chi connectivity index (χ1n) is 8.40. The number of halogens is 3. The van der Waals surface area contributed by atoms with Gasteiger partial charge in [-0.05, 0) is 38.7 Å². The molecule has 26 heavy (non-hydrogen) atoms. The van der Waals surface area contributed by atoms with E-state index >= 15 is 0 Å². The quantitative estimate of drug-likeness (QED) is 0.778. The molecule has 0 aromatic carbocycles. The minimum absolute atomic E-state index is 0.0289. The second kappa shape index (κ2) is 7.02. The van der Waals surface area contributed by atoms with E-state index in [9.17, 15) is 18.0 Å². The third kappa shape index (κ3) is 3.62. The molecule has 2 aromatic heterocycles. The van der Waals surface area contributed by atoms with Gasteiger partial charge >= 0.3 is 12.1 Å². The van der Waals surface area contributed by atoms with Crippen molar-refractivity contribution < 1.29 is 22.7 Å². The van der Waals surface area contributed by atoms with Crippen LogP contribution in [-0.2, 0) is 4.74 Å². The van der Waals surface area contributed by atoms with Gasteiger partial charge in [-0.3, -0.25) is 0 Å². The molecule has 0 spiro atoms. The van der Waals surface area contributed by atoms with Crippen molar-refractivity contribution in [1.82, 2.24) is 9.97 Å². The summed E-state index contributed by atoms with van der Waals surface area (Å²) in [7, 11) is 1.31. The molecule has 1 aliphatic rings. The Kier molecular flexibility index (Phi) is 5.09. The van der Waals surface area contributed by atoms with E-state index in [0.717, 1.165) is 0 Å². The fourth-order valence-corrected chi connectivity index (χ4v) is 4.59. The minimum atomic E-state index is -4.17. The molecule has 1 saturated carbocycles. The summed E-state index contributed by atoms with van der Waals surface area (Å²) in [5.74, 6) is -0.754. The van der Waals surface area contributed by atoms with E-state index in [1.54, 1.807) is 13.8 Å². The van der Waals surface area contributed by atoms with Gasteiger partial charge in [0.2, 0.25) is 0 Å². The average molecular weight is 387 g/mol. The first-order valence-corrected chi connectivity index (χ1v) is 9.21. The molecule has 0 unspecified atom stereocenters. The molecule has 1 N–H and O–H groups in total. The number of rotatable bonds is 3. The van der Waals surface area contributed by atoms with Crippen molar-refractivity contribution in [2.24, 2.45) is 5.92 Å². The minimum Gasteiger partial charge on any atom is -0.465 e. The van der Waals surface area contributed by atoms with Crippen molar-refractivity contribution in [3.8, 4) is 0 Å². The number of fused-ring (bicyclic) bond motifs is 1. The van der Waals surface area contributed by atoms with E-state index in [2.05, 4.69) is 15.3 Å². The van der Waals surface area contributed by atoms with Crippen LogP contribution in [0, 0.1) is 19.8 Å². The Hall–Kier alpha value is -1.90. The lowest BCUT2D eigenvalue weighted by molar-refractivity contribution is -0.182. The van der Waals surface area contributed by atoms with Crippen LogP contribution in [0.15, 0.2) is 0 Å². The zero-order chi connectivity index (χ0) is 19.1. The second-order valence-electron chi connectivity index (χ2n) is 6.59. The summed E-state index contributed by atoms with van der Waals surface area (Å²) in [4.78, 5) is 21.8. The molecular formula is C17H20F3N3O2S. The first-order chi connectivity index (χ1) is 12.2. The van der Waals surface area contributed by atoms with Crippen molar-refractivity contribution in [2.45, 2.75) is 51.7 Å². The van der Waals surface area contributed by atoms with Crippen LogP contribution in [0.1, 0.15) is 46.7 Å². The van der Waals surface area contributed by atoms with Crippen LogP contribution in [0.25, 0.3) is 10.2 Å². The molecule has 0 radical (unpaired) electrons. The Morgan fingerprint density at radius 3 is 2.65 bits per heavy atom. The van der Waals surface area contributed by atoms with Gasteiger partial charge in [-0.1, -0.05) is 6.42 Å². The molecule has 1 aliphatic carbocycles. The number of aryl methyl sites for hydroxylation is 2. The van der Waals surface area contributed by atoms with Gasteiger partial charge in [-0.15, -0.1) is 11.3 Å². The van der Waals surface area contributed by atoms with Gasteiger partial charge < -0.3 is 10.1 Å². The molecule has 5 nitrogen and oxygen atoms in total. The van der Waals surface area contributed by atoms with E-state index in [1.807, 2.05) is 0 Å². The largest absolute Gasteiger partial charge is 0.465 e. The Bertz CT molecular complexity index is 835. The second-order valence-corrected chi connectivity index (χ2v) is 7.59. The van der Waals surface area contributed by atoms with Crippen LogP contribution in [0.2, 0.25) is 0 Å². The van der Waals surface area contributed by atoms with Gasteiger partial charge in [0.1, 0.15) is 21.3 Å². The lowest BCUT2D eigenvalue weighted by Gasteiger charge is -2.31. The van der Waals surface area contributed by atoms with Gasteiger partial charge in [-0.2, -0.15) is 13.2 Å². The van der Waals surface area contributed by atoms with Crippen LogP contribution in [0.3, 0.4) is 0 Å².